The van der Waals surface area contributed by atoms with Crippen LogP contribution in [0.1, 0.15) is 15.9 Å². The molecule has 0 N–H and O–H groups in total. The van der Waals surface area contributed by atoms with Crippen LogP contribution in [0.2, 0.25) is 0 Å². The van der Waals surface area contributed by atoms with Gasteiger partial charge in [-0.3, -0.25) is 4.79 Å². The molecule has 0 saturated carbocycles. The summed E-state index contributed by atoms with van der Waals surface area (Å²) in [4.78, 5) is 11.8. The fourth-order valence-corrected chi connectivity index (χ4v) is 1.43. The average molecular weight is 212 g/mol. The van der Waals surface area contributed by atoms with Gasteiger partial charge in [0.2, 0.25) is 0 Å². The lowest BCUT2D eigenvalue weighted by atomic mass is 10.1. The van der Waals surface area contributed by atoms with Crippen molar-refractivity contribution >= 4 is 12.0 Å². The number of carbonyl (C=O) groups excluding carboxylic acids is 1. The lowest BCUT2D eigenvalue weighted by Crippen LogP contribution is -2.13. The number of carbonyl (C=O) groups is 1. The summed E-state index contributed by atoms with van der Waals surface area (Å²) < 4.78 is 1.35. The number of benzene rings is 1. The van der Waals surface area contributed by atoms with Crippen molar-refractivity contribution in [1.82, 2.24) is 9.78 Å². The fourth-order valence-electron chi connectivity index (χ4n) is 1.43. The van der Waals surface area contributed by atoms with Gasteiger partial charge in [-0.05, 0) is 5.56 Å². The van der Waals surface area contributed by atoms with E-state index in [1.54, 1.807) is 18.5 Å². The Labute approximate surface area is 94.0 Å². The minimum atomic E-state index is -0.0423. The second-order valence-electron chi connectivity index (χ2n) is 3.48. The van der Waals surface area contributed by atoms with E-state index < -0.39 is 0 Å². The molecule has 0 spiro atoms. The van der Waals surface area contributed by atoms with E-state index in [9.17, 15) is 4.79 Å². The number of hydrogen-bond donors (Lipinski definition) is 0. The summed E-state index contributed by atoms with van der Waals surface area (Å²) in [6, 6.07) is 9.62. The van der Waals surface area contributed by atoms with Crippen LogP contribution in [-0.4, -0.2) is 15.7 Å². The van der Waals surface area contributed by atoms with Gasteiger partial charge in [0.25, 0.3) is 5.91 Å². The molecule has 2 rings (SSSR count). The van der Waals surface area contributed by atoms with Gasteiger partial charge in [0, 0.05) is 11.8 Å². The number of hydrogen-bond acceptors (Lipinski definition) is 2. The lowest BCUT2D eigenvalue weighted by molar-refractivity contribution is 0.0898. The van der Waals surface area contributed by atoms with E-state index in [1.165, 1.54) is 4.68 Å². The molecule has 0 saturated heterocycles. The fraction of sp³-hybridized carbons (Fsp3) is 0.0769. The summed E-state index contributed by atoms with van der Waals surface area (Å²) in [6.45, 7) is 3.62. The average Bonchev–Trinajstić information content (AvgIpc) is 2.79. The Bertz CT molecular complexity index is 500. The molecule has 3 heteroatoms. The summed E-state index contributed by atoms with van der Waals surface area (Å²) in [6.07, 6.45) is 5.33. The van der Waals surface area contributed by atoms with Crippen LogP contribution in [0.15, 0.2) is 49.3 Å². The van der Waals surface area contributed by atoms with Gasteiger partial charge < -0.3 is 0 Å². The lowest BCUT2D eigenvalue weighted by Gasteiger charge is -2.00. The molecule has 0 atom stereocenters. The van der Waals surface area contributed by atoms with Crippen LogP contribution in [0.25, 0.3) is 6.08 Å². The molecule has 1 heterocycles. The van der Waals surface area contributed by atoms with E-state index in [0.717, 1.165) is 11.1 Å². The molecule has 0 amide bonds. The molecule has 80 valence electrons. The van der Waals surface area contributed by atoms with E-state index in [4.69, 9.17) is 0 Å². The maximum atomic E-state index is 11.8. The summed E-state index contributed by atoms with van der Waals surface area (Å²) in [5, 5.41) is 3.98. The molecule has 0 unspecified atom stereocenters. The minimum absolute atomic E-state index is 0.0423. The van der Waals surface area contributed by atoms with Crippen LogP contribution >= 0.6 is 0 Å². The second-order valence-corrected chi connectivity index (χ2v) is 3.48. The van der Waals surface area contributed by atoms with Gasteiger partial charge >= 0.3 is 0 Å². The van der Waals surface area contributed by atoms with E-state index >= 15 is 0 Å². The van der Waals surface area contributed by atoms with Gasteiger partial charge in [0.15, 0.2) is 0 Å². The first-order valence-electron chi connectivity index (χ1n) is 5.04. The van der Waals surface area contributed by atoms with Crippen LogP contribution < -0.4 is 0 Å². The Kier molecular flexibility index (Phi) is 2.96. The summed E-state index contributed by atoms with van der Waals surface area (Å²) in [5.74, 6) is -0.0423. The third-order valence-electron chi connectivity index (χ3n) is 2.29. The highest BCUT2D eigenvalue weighted by molar-refractivity contribution is 5.80. The quantitative estimate of drug-likeness (QED) is 0.783. The predicted octanol–water partition coefficient (Wildman–Crippen LogP) is 2.41. The number of aromatic nitrogens is 2. The summed E-state index contributed by atoms with van der Waals surface area (Å²) >= 11 is 0. The van der Waals surface area contributed by atoms with E-state index in [0.29, 0.717) is 6.42 Å². The molecule has 1 aromatic heterocycles. The van der Waals surface area contributed by atoms with Crippen molar-refractivity contribution in [2.75, 3.05) is 0 Å². The topological polar surface area (TPSA) is 34.9 Å². The van der Waals surface area contributed by atoms with Gasteiger partial charge in [-0.15, -0.1) is 0 Å². The highest BCUT2D eigenvalue weighted by Gasteiger charge is 2.06. The van der Waals surface area contributed by atoms with Crippen molar-refractivity contribution in [2.45, 2.75) is 6.42 Å². The molecule has 0 bridgehead atoms. The third-order valence-corrected chi connectivity index (χ3v) is 2.29. The van der Waals surface area contributed by atoms with Gasteiger partial charge in [-0.2, -0.15) is 5.10 Å². The molecule has 0 radical (unpaired) electrons. The van der Waals surface area contributed by atoms with Gasteiger partial charge in [-0.1, -0.05) is 43.0 Å². The Morgan fingerprint density at radius 2 is 2.12 bits per heavy atom. The Morgan fingerprint density at radius 1 is 1.38 bits per heavy atom. The van der Waals surface area contributed by atoms with Crippen molar-refractivity contribution in [1.29, 1.82) is 0 Å². The first-order chi connectivity index (χ1) is 7.79. The van der Waals surface area contributed by atoms with Crippen molar-refractivity contribution in [3.63, 3.8) is 0 Å². The number of nitrogens with zero attached hydrogens (tertiary/aromatic N) is 2. The second kappa shape index (κ2) is 4.57. The first-order valence-corrected chi connectivity index (χ1v) is 5.04. The SMILES string of the molecule is C=Cc1cnn(C(=O)Cc2ccccc2)c1. The Hall–Kier alpha value is -2.16. The summed E-state index contributed by atoms with van der Waals surface area (Å²) in [5.41, 5.74) is 1.84. The van der Waals surface area contributed by atoms with Crippen LogP contribution in [0, 0.1) is 0 Å². The van der Waals surface area contributed by atoms with E-state index in [2.05, 4.69) is 11.7 Å². The largest absolute Gasteiger partial charge is 0.272 e. The minimum Gasteiger partial charge on any atom is -0.272 e. The number of rotatable bonds is 3. The van der Waals surface area contributed by atoms with Gasteiger partial charge in [-0.25, -0.2) is 4.68 Å². The van der Waals surface area contributed by atoms with Gasteiger partial charge in [0.1, 0.15) is 0 Å². The summed E-state index contributed by atoms with van der Waals surface area (Å²) in [7, 11) is 0. The molecule has 0 aliphatic heterocycles. The zero-order valence-corrected chi connectivity index (χ0v) is 8.84. The Balaban J connectivity index is 2.11. The molecule has 0 aliphatic rings. The predicted molar refractivity (Wildman–Crippen MR) is 63.1 cm³/mol. The molecule has 2 aromatic rings. The van der Waals surface area contributed by atoms with Crippen LogP contribution in [0.5, 0.6) is 0 Å². The molecule has 16 heavy (non-hydrogen) atoms. The van der Waals surface area contributed by atoms with Crippen molar-refractivity contribution < 1.29 is 4.79 Å². The van der Waals surface area contributed by atoms with Crippen molar-refractivity contribution in [2.24, 2.45) is 0 Å². The highest BCUT2D eigenvalue weighted by Crippen LogP contribution is 2.03. The third kappa shape index (κ3) is 2.25. The van der Waals surface area contributed by atoms with Crippen LogP contribution in [0.4, 0.5) is 0 Å². The van der Waals surface area contributed by atoms with E-state index in [-0.39, 0.29) is 5.91 Å². The molecular formula is C13H12N2O. The smallest absolute Gasteiger partial charge is 0.251 e. The maximum absolute atomic E-state index is 11.8. The maximum Gasteiger partial charge on any atom is 0.251 e. The Morgan fingerprint density at radius 3 is 2.75 bits per heavy atom. The van der Waals surface area contributed by atoms with Crippen LogP contribution in [-0.2, 0) is 6.42 Å². The highest BCUT2D eigenvalue weighted by atomic mass is 16.2. The normalized spacial score (nSPS) is 10.0. The zero-order valence-electron chi connectivity index (χ0n) is 8.84. The molecule has 0 fully saturated rings. The standard InChI is InChI=1S/C13H12N2O/c1-2-11-9-14-15(10-11)13(16)8-12-6-4-3-5-7-12/h2-7,9-10H,1,8H2. The molecule has 3 nitrogen and oxygen atoms in total. The van der Waals surface area contributed by atoms with E-state index in [1.807, 2.05) is 30.3 Å². The van der Waals surface area contributed by atoms with Crippen molar-refractivity contribution in [3.05, 3.63) is 60.4 Å². The van der Waals surface area contributed by atoms with Gasteiger partial charge in [0.05, 0.1) is 12.6 Å². The first kappa shape index (κ1) is 10.4. The monoisotopic (exact) mass is 212 g/mol. The van der Waals surface area contributed by atoms with Crippen molar-refractivity contribution in [3.8, 4) is 0 Å². The van der Waals surface area contributed by atoms with Crippen LogP contribution in [0.3, 0.4) is 0 Å². The zero-order chi connectivity index (χ0) is 11.4. The molecule has 1 aromatic carbocycles. The molecule has 0 aliphatic carbocycles. The molecular weight excluding hydrogens is 200 g/mol.